The van der Waals surface area contributed by atoms with E-state index in [9.17, 15) is 8.78 Å². The van der Waals surface area contributed by atoms with E-state index in [0.29, 0.717) is 11.4 Å². The SMILES string of the molecule is Cc1cc(F)ccc1Nc1cccc(F)c1N. The normalized spacial score (nSPS) is 10.3. The van der Waals surface area contributed by atoms with Crippen molar-refractivity contribution in [3.8, 4) is 0 Å². The fourth-order valence-corrected chi connectivity index (χ4v) is 1.56. The molecule has 88 valence electrons. The molecule has 0 radical (unpaired) electrons. The van der Waals surface area contributed by atoms with Gasteiger partial charge in [0, 0.05) is 5.69 Å². The van der Waals surface area contributed by atoms with Crippen molar-refractivity contribution < 1.29 is 8.78 Å². The lowest BCUT2D eigenvalue weighted by molar-refractivity contribution is 0.627. The molecule has 4 heteroatoms. The summed E-state index contributed by atoms with van der Waals surface area (Å²) in [4.78, 5) is 0. The van der Waals surface area contributed by atoms with E-state index >= 15 is 0 Å². The van der Waals surface area contributed by atoms with Crippen molar-refractivity contribution in [3.63, 3.8) is 0 Å². The molecule has 3 N–H and O–H groups in total. The van der Waals surface area contributed by atoms with Gasteiger partial charge in [0.25, 0.3) is 0 Å². The van der Waals surface area contributed by atoms with E-state index in [2.05, 4.69) is 5.32 Å². The molecule has 0 aliphatic carbocycles. The standard InChI is InChI=1S/C13H12F2N2/c1-8-7-9(14)5-6-11(8)17-12-4-2-3-10(15)13(12)16/h2-7,17H,16H2,1H3. The zero-order valence-corrected chi connectivity index (χ0v) is 9.30. The summed E-state index contributed by atoms with van der Waals surface area (Å²) >= 11 is 0. The number of benzene rings is 2. The molecule has 0 bridgehead atoms. The van der Waals surface area contributed by atoms with Crippen LogP contribution in [0.2, 0.25) is 0 Å². The highest BCUT2D eigenvalue weighted by Gasteiger charge is 2.06. The molecule has 0 aromatic heterocycles. The van der Waals surface area contributed by atoms with Crippen LogP contribution in [0.25, 0.3) is 0 Å². The molecule has 2 nitrogen and oxygen atoms in total. The lowest BCUT2D eigenvalue weighted by atomic mass is 10.1. The Morgan fingerprint density at radius 3 is 2.53 bits per heavy atom. The van der Waals surface area contributed by atoms with Crippen LogP contribution in [0.15, 0.2) is 36.4 Å². The van der Waals surface area contributed by atoms with Gasteiger partial charge in [-0.25, -0.2) is 8.78 Å². The van der Waals surface area contributed by atoms with Crippen LogP contribution >= 0.6 is 0 Å². The Balaban J connectivity index is 2.35. The molecule has 0 spiro atoms. The van der Waals surface area contributed by atoms with Crippen LogP contribution in [0.5, 0.6) is 0 Å². The molecular formula is C13H12F2N2. The van der Waals surface area contributed by atoms with Crippen molar-refractivity contribution in [2.24, 2.45) is 0 Å². The molecule has 0 fully saturated rings. The number of para-hydroxylation sites is 1. The van der Waals surface area contributed by atoms with E-state index in [1.54, 1.807) is 25.1 Å². The van der Waals surface area contributed by atoms with E-state index in [0.717, 1.165) is 5.56 Å². The predicted octanol–water partition coefficient (Wildman–Crippen LogP) is 3.60. The van der Waals surface area contributed by atoms with Gasteiger partial charge in [-0.15, -0.1) is 0 Å². The van der Waals surface area contributed by atoms with Gasteiger partial charge in [-0.1, -0.05) is 6.07 Å². The molecule has 0 heterocycles. The van der Waals surface area contributed by atoms with E-state index in [1.165, 1.54) is 18.2 Å². The van der Waals surface area contributed by atoms with Gasteiger partial charge in [0.15, 0.2) is 0 Å². The Labute approximate surface area is 98.1 Å². The topological polar surface area (TPSA) is 38.0 Å². The Hall–Kier alpha value is -2.10. The Morgan fingerprint density at radius 1 is 1.06 bits per heavy atom. The van der Waals surface area contributed by atoms with Gasteiger partial charge in [-0.2, -0.15) is 0 Å². The van der Waals surface area contributed by atoms with Gasteiger partial charge in [0.1, 0.15) is 11.6 Å². The first-order valence-electron chi connectivity index (χ1n) is 5.15. The number of nitrogen functional groups attached to an aromatic ring is 1. The third-order valence-corrected chi connectivity index (χ3v) is 2.51. The summed E-state index contributed by atoms with van der Waals surface area (Å²) in [6, 6.07) is 8.85. The minimum atomic E-state index is -0.477. The summed E-state index contributed by atoms with van der Waals surface area (Å²) in [5.41, 5.74) is 7.55. The lowest BCUT2D eigenvalue weighted by Crippen LogP contribution is -2.00. The molecule has 0 saturated carbocycles. The second kappa shape index (κ2) is 4.41. The van der Waals surface area contributed by atoms with Crippen LogP contribution in [-0.4, -0.2) is 0 Å². The summed E-state index contributed by atoms with van der Waals surface area (Å²) in [6.07, 6.45) is 0. The molecule has 0 aliphatic rings. The fourth-order valence-electron chi connectivity index (χ4n) is 1.56. The highest BCUT2D eigenvalue weighted by Crippen LogP contribution is 2.27. The zero-order valence-electron chi connectivity index (χ0n) is 9.30. The van der Waals surface area contributed by atoms with Gasteiger partial charge < -0.3 is 11.1 Å². The predicted molar refractivity (Wildman–Crippen MR) is 65.2 cm³/mol. The van der Waals surface area contributed by atoms with Crippen LogP contribution in [0.4, 0.5) is 25.8 Å². The molecular weight excluding hydrogens is 222 g/mol. The number of aryl methyl sites for hydroxylation is 1. The summed E-state index contributed by atoms with van der Waals surface area (Å²) < 4.78 is 26.1. The number of hydrogen-bond acceptors (Lipinski definition) is 2. The van der Waals surface area contributed by atoms with E-state index in [1.807, 2.05) is 0 Å². The maximum absolute atomic E-state index is 13.2. The third-order valence-electron chi connectivity index (χ3n) is 2.51. The quantitative estimate of drug-likeness (QED) is 0.779. The third kappa shape index (κ3) is 2.36. The number of anilines is 3. The van der Waals surface area contributed by atoms with Crippen molar-refractivity contribution in [1.29, 1.82) is 0 Å². The van der Waals surface area contributed by atoms with Crippen molar-refractivity contribution in [2.45, 2.75) is 6.92 Å². The molecule has 0 amide bonds. The van der Waals surface area contributed by atoms with Crippen LogP contribution in [0, 0.1) is 18.6 Å². The second-order valence-corrected chi connectivity index (χ2v) is 3.79. The van der Waals surface area contributed by atoms with E-state index in [4.69, 9.17) is 5.73 Å². The summed E-state index contributed by atoms with van der Waals surface area (Å²) in [7, 11) is 0. The maximum atomic E-state index is 13.2. The minimum Gasteiger partial charge on any atom is -0.395 e. The maximum Gasteiger partial charge on any atom is 0.148 e. The monoisotopic (exact) mass is 234 g/mol. The number of nitrogens with two attached hydrogens (primary N) is 1. The van der Waals surface area contributed by atoms with E-state index < -0.39 is 5.82 Å². The van der Waals surface area contributed by atoms with Crippen LogP contribution in [-0.2, 0) is 0 Å². The number of nitrogens with one attached hydrogen (secondary N) is 1. The van der Waals surface area contributed by atoms with Crippen LogP contribution < -0.4 is 11.1 Å². The van der Waals surface area contributed by atoms with Gasteiger partial charge in [-0.05, 0) is 42.8 Å². The van der Waals surface area contributed by atoms with Crippen molar-refractivity contribution in [3.05, 3.63) is 53.6 Å². The molecule has 2 aromatic rings. The first kappa shape index (κ1) is 11.4. The van der Waals surface area contributed by atoms with Gasteiger partial charge in [0.05, 0.1) is 11.4 Å². The Morgan fingerprint density at radius 2 is 1.82 bits per heavy atom. The molecule has 0 saturated heterocycles. The number of rotatable bonds is 2. The summed E-state index contributed by atoms with van der Waals surface area (Å²) in [5, 5.41) is 2.98. The second-order valence-electron chi connectivity index (χ2n) is 3.79. The molecule has 2 aromatic carbocycles. The van der Waals surface area contributed by atoms with Gasteiger partial charge in [0.2, 0.25) is 0 Å². The number of hydrogen-bond donors (Lipinski definition) is 2. The van der Waals surface area contributed by atoms with Crippen molar-refractivity contribution in [2.75, 3.05) is 11.1 Å². The Kier molecular flexibility index (Phi) is 2.95. The van der Waals surface area contributed by atoms with Crippen molar-refractivity contribution >= 4 is 17.1 Å². The van der Waals surface area contributed by atoms with Crippen molar-refractivity contribution in [1.82, 2.24) is 0 Å². The van der Waals surface area contributed by atoms with Gasteiger partial charge in [-0.3, -0.25) is 0 Å². The average molecular weight is 234 g/mol. The highest BCUT2D eigenvalue weighted by molar-refractivity contribution is 5.74. The average Bonchev–Trinajstić information content (AvgIpc) is 2.28. The molecule has 0 aliphatic heterocycles. The molecule has 2 rings (SSSR count). The molecule has 0 atom stereocenters. The Bertz CT molecular complexity index is 553. The smallest absolute Gasteiger partial charge is 0.148 e. The van der Waals surface area contributed by atoms with Crippen LogP contribution in [0.3, 0.4) is 0 Å². The summed E-state index contributed by atoms with van der Waals surface area (Å²) in [5.74, 6) is -0.782. The van der Waals surface area contributed by atoms with Gasteiger partial charge >= 0.3 is 0 Å². The molecule has 17 heavy (non-hydrogen) atoms. The zero-order chi connectivity index (χ0) is 12.4. The first-order valence-corrected chi connectivity index (χ1v) is 5.15. The van der Waals surface area contributed by atoms with Crippen LogP contribution in [0.1, 0.15) is 5.56 Å². The summed E-state index contributed by atoms with van der Waals surface area (Å²) in [6.45, 7) is 1.76. The lowest BCUT2D eigenvalue weighted by Gasteiger charge is -2.12. The number of halogens is 2. The minimum absolute atomic E-state index is 0.0521. The molecule has 0 unspecified atom stereocenters. The largest absolute Gasteiger partial charge is 0.395 e. The highest BCUT2D eigenvalue weighted by atomic mass is 19.1. The first-order chi connectivity index (χ1) is 8.08. The fraction of sp³-hybridized carbons (Fsp3) is 0.0769. The van der Waals surface area contributed by atoms with E-state index in [-0.39, 0.29) is 11.5 Å².